The summed E-state index contributed by atoms with van der Waals surface area (Å²) in [6.07, 6.45) is 4.53. The normalized spacial score (nSPS) is 10.4. The summed E-state index contributed by atoms with van der Waals surface area (Å²) < 4.78 is 13.2. The fraction of sp³-hybridized carbons (Fsp3) is 0.400. The van der Waals surface area contributed by atoms with Crippen molar-refractivity contribution >= 4 is 21.8 Å². The van der Waals surface area contributed by atoms with Gasteiger partial charge in [-0.2, -0.15) is 0 Å². The molecule has 6 nitrogen and oxygen atoms in total. The quantitative estimate of drug-likeness (QED) is 0.548. The number of unbranched alkanes of at least 4 members (excludes halogenated alkanes) is 1. The minimum Gasteiger partial charge on any atom is -0.497 e. The van der Waals surface area contributed by atoms with Crippen LogP contribution < -0.4 is 20.3 Å². The minimum atomic E-state index is -0.0147. The molecule has 1 amide bonds. The van der Waals surface area contributed by atoms with Gasteiger partial charge in [0.2, 0.25) is 5.91 Å². The molecule has 1 N–H and O–H groups in total. The summed E-state index contributed by atoms with van der Waals surface area (Å²) in [4.78, 5) is 23.5. The molecule has 0 spiro atoms. The third-order valence-electron chi connectivity index (χ3n) is 3.97. The number of amides is 1. The maximum atomic E-state index is 11.8. The van der Waals surface area contributed by atoms with Crippen LogP contribution in [0.3, 0.4) is 0 Å². The Morgan fingerprint density at radius 1 is 1.07 bits per heavy atom. The van der Waals surface area contributed by atoms with Crippen molar-refractivity contribution in [1.82, 2.24) is 9.88 Å². The first kappa shape index (κ1) is 21.0. The Morgan fingerprint density at radius 2 is 1.81 bits per heavy atom. The number of carbonyl (C=O) groups is 1. The molecule has 0 aliphatic heterocycles. The van der Waals surface area contributed by atoms with Crippen molar-refractivity contribution in [2.45, 2.75) is 32.2 Å². The van der Waals surface area contributed by atoms with Crippen molar-refractivity contribution in [2.75, 3.05) is 20.3 Å². The maximum absolute atomic E-state index is 11.8. The first-order valence-corrected chi connectivity index (χ1v) is 9.77. The molecule has 0 saturated carbocycles. The standard InChI is InChI=1S/C20H25BrN2O4/c1-26-17-7-9-18(10-8-17)27-14-4-5-19(24)22-12-2-3-13-23-15-16(21)6-11-20(23)25/h6-11,15H,2-5,12-14H2,1H3,(H,22,24). The molecule has 7 heteroatoms. The zero-order valence-corrected chi connectivity index (χ0v) is 17.0. The molecule has 2 aromatic rings. The third-order valence-corrected chi connectivity index (χ3v) is 4.44. The summed E-state index contributed by atoms with van der Waals surface area (Å²) in [6, 6.07) is 10.6. The van der Waals surface area contributed by atoms with Gasteiger partial charge in [-0.25, -0.2) is 0 Å². The molecule has 0 atom stereocenters. The number of halogens is 1. The van der Waals surface area contributed by atoms with E-state index in [0.29, 0.717) is 32.5 Å². The van der Waals surface area contributed by atoms with Crippen LogP contribution in [0.5, 0.6) is 11.5 Å². The molecule has 0 unspecified atom stereocenters. The smallest absolute Gasteiger partial charge is 0.250 e. The number of benzene rings is 1. The first-order valence-electron chi connectivity index (χ1n) is 8.98. The van der Waals surface area contributed by atoms with Gasteiger partial charge in [-0.1, -0.05) is 0 Å². The number of hydrogen-bond acceptors (Lipinski definition) is 4. The van der Waals surface area contributed by atoms with E-state index in [2.05, 4.69) is 21.2 Å². The number of ether oxygens (including phenoxy) is 2. The van der Waals surface area contributed by atoms with Crippen LogP contribution in [0.2, 0.25) is 0 Å². The molecule has 1 aromatic heterocycles. The molecule has 2 rings (SSSR count). The van der Waals surface area contributed by atoms with Crippen molar-refractivity contribution in [1.29, 1.82) is 0 Å². The number of carbonyl (C=O) groups excluding carboxylic acids is 1. The SMILES string of the molecule is COc1ccc(OCCCC(=O)NCCCCn2cc(Br)ccc2=O)cc1. The van der Waals surface area contributed by atoms with Crippen molar-refractivity contribution in [3.05, 3.63) is 57.4 Å². The summed E-state index contributed by atoms with van der Waals surface area (Å²) in [5, 5.41) is 2.90. The van der Waals surface area contributed by atoms with Crippen LogP contribution in [0, 0.1) is 0 Å². The summed E-state index contributed by atoms with van der Waals surface area (Å²) >= 11 is 3.36. The second-order valence-electron chi connectivity index (χ2n) is 6.06. The van der Waals surface area contributed by atoms with Gasteiger partial charge < -0.3 is 19.4 Å². The van der Waals surface area contributed by atoms with Crippen LogP contribution in [0.4, 0.5) is 0 Å². The van der Waals surface area contributed by atoms with Crippen LogP contribution in [-0.4, -0.2) is 30.7 Å². The molecule has 0 aliphatic rings. The maximum Gasteiger partial charge on any atom is 0.250 e. The number of nitrogens with one attached hydrogen (secondary N) is 1. The summed E-state index contributed by atoms with van der Waals surface area (Å²) in [6.45, 7) is 1.75. The van der Waals surface area contributed by atoms with E-state index < -0.39 is 0 Å². The third kappa shape index (κ3) is 7.86. The Bertz CT molecular complexity index is 774. The van der Waals surface area contributed by atoms with E-state index >= 15 is 0 Å². The lowest BCUT2D eigenvalue weighted by molar-refractivity contribution is -0.121. The van der Waals surface area contributed by atoms with E-state index in [1.54, 1.807) is 30.0 Å². The fourth-order valence-electron chi connectivity index (χ4n) is 2.49. The molecule has 1 heterocycles. The summed E-state index contributed by atoms with van der Waals surface area (Å²) in [5.74, 6) is 1.57. The van der Waals surface area contributed by atoms with E-state index in [1.165, 1.54) is 0 Å². The number of aryl methyl sites for hydroxylation is 1. The highest BCUT2D eigenvalue weighted by atomic mass is 79.9. The molecule has 0 saturated heterocycles. The Morgan fingerprint density at radius 3 is 2.56 bits per heavy atom. The molecule has 146 valence electrons. The number of aromatic nitrogens is 1. The second kappa shape index (κ2) is 11.4. The van der Waals surface area contributed by atoms with E-state index in [1.807, 2.05) is 24.3 Å². The van der Waals surface area contributed by atoms with Crippen molar-refractivity contribution < 1.29 is 14.3 Å². The number of nitrogens with zero attached hydrogens (tertiary/aromatic N) is 1. The van der Waals surface area contributed by atoms with Gasteiger partial charge in [0.05, 0.1) is 13.7 Å². The second-order valence-corrected chi connectivity index (χ2v) is 6.98. The van der Waals surface area contributed by atoms with Crippen molar-refractivity contribution in [3.8, 4) is 11.5 Å². The average molecular weight is 437 g/mol. The van der Waals surface area contributed by atoms with Gasteiger partial charge in [-0.15, -0.1) is 0 Å². The number of rotatable bonds is 11. The number of pyridine rings is 1. The Labute approximate surface area is 167 Å². The zero-order valence-electron chi connectivity index (χ0n) is 15.4. The lowest BCUT2D eigenvalue weighted by Crippen LogP contribution is -2.25. The minimum absolute atomic E-state index is 0.0147. The van der Waals surface area contributed by atoms with Gasteiger partial charge in [0.15, 0.2) is 0 Å². The fourth-order valence-corrected chi connectivity index (χ4v) is 2.87. The highest BCUT2D eigenvalue weighted by molar-refractivity contribution is 9.10. The van der Waals surface area contributed by atoms with Gasteiger partial charge in [0, 0.05) is 36.2 Å². The average Bonchev–Trinajstić information content (AvgIpc) is 2.68. The molecule has 0 fully saturated rings. The van der Waals surface area contributed by atoms with Crippen molar-refractivity contribution in [2.24, 2.45) is 0 Å². The predicted molar refractivity (Wildman–Crippen MR) is 108 cm³/mol. The Balaban J connectivity index is 1.53. The van der Waals surface area contributed by atoms with Gasteiger partial charge in [-0.05, 0) is 65.5 Å². The molecule has 1 aromatic carbocycles. The van der Waals surface area contributed by atoms with E-state index in [4.69, 9.17) is 9.47 Å². The van der Waals surface area contributed by atoms with Crippen LogP contribution in [0.1, 0.15) is 25.7 Å². The van der Waals surface area contributed by atoms with Crippen LogP contribution >= 0.6 is 15.9 Å². The lowest BCUT2D eigenvalue weighted by Gasteiger charge is -2.08. The summed E-state index contributed by atoms with van der Waals surface area (Å²) in [7, 11) is 1.62. The van der Waals surface area contributed by atoms with E-state index in [9.17, 15) is 9.59 Å². The van der Waals surface area contributed by atoms with Crippen LogP contribution in [0.25, 0.3) is 0 Å². The Kier molecular flexibility index (Phi) is 8.91. The molecule has 27 heavy (non-hydrogen) atoms. The topological polar surface area (TPSA) is 69.6 Å². The number of hydrogen-bond donors (Lipinski definition) is 1. The lowest BCUT2D eigenvalue weighted by atomic mass is 10.2. The highest BCUT2D eigenvalue weighted by Gasteiger charge is 2.02. The molecule has 0 aliphatic carbocycles. The van der Waals surface area contributed by atoms with Gasteiger partial charge in [0.25, 0.3) is 5.56 Å². The van der Waals surface area contributed by atoms with Gasteiger partial charge in [0.1, 0.15) is 11.5 Å². The van der Waals surface area contributed by atoms with Crippen molar-refractivity contribution in [3.63, 3.8) is 0 Å². The van der Waals surface area contributed by atoms with E-state index in [0.717, 1.165) is 28.8 Å². The zero-order chi connectivity index (χ0) is 19.5. The molecular formula is C20H25BrN2O4. The van der Waals surface area contributed by atoms with Gasteiger partial charge >= 0.3 is 0 Å². The Hall–Kier alpha value is -2.28. The molecular weight excluding hydrogens is 412 g/mol. The molecule has 0 bridgehead atoms. The van der Waals surface area contributed by atoms with Gasteiger partial charge in [-0.3, -0.25) is 9.59 Å². The first-order chi connectivity index (χ1) is 13.1. The van der Waals surface area contributed by atoms with E-state index in [-0.39, 0.29) is 11.5 Å². The largest absolute Gasteiger partial charge is 0.497 e. The predicted octanol–water partition coefficient (Wildman–Crippen LogP) is 3.38. The molecule has 0 radical (unpaired) electrons. The number of methoxy groups -OCH3 is 1. The monoisotopic (exact) mass is 436 g/mol. The van der Waals surface area contributed by atoms with Crippen LogP contribution in [0.15, 0.2) is 51.9 Å². The highest BCUT2D eigenvalue weighted by Crippen LogP contribution is 2.17. The van der Waals surface area contributed by atoms with Crippen LogP contribution in [-0.2, 0) is 11.3 Å². The summed E-state index contributed by atoms with van der Waals surface area (Å²) in [5.41, 5.74) is -0.0147.